The van der Waals surface area contributed by atoms with Gasteiger partial charge in [-0.1, -0.05) is 0 Å². The lowest BCUT2D eigenvalue weighted by molar-refractivity contribution is -0.122. The maximum atomic E-state index is 11.6. The Morgan fingerprint density at radius 1 is 1.47 bits per heavy atom. The predicted molar refractivity (Wildman–Crippen MR) is 73.9 cm³/mol. The van der Waals surface area contributed by atoms with Crippen molar-refractivity contribution in [1.29, 1.82) is 0 Å². The largest absolute Gasteiger partial charge is 0.382 e. The van der Waals surface area contributed by atoms with Crippen LogP contribution in [0, 0.1) is 5.92 Å². The van der Waals surface area contributed by atoms with Crippen LogP contribution in [0.5, 0.6) is 0 Å². The zero-order valence-electron chi connectivity index (χ0n) is 10.5. The summed E-state index contributed by atoms with van der Waals surface area (Å²) in [5.74, 6) is 0.247. The van der Waals surface area contributed by atoms with Gasteiger partial charge in [0, 0.05) is 25.3 Å². The second kappa shape index (κ2) is 5.33. The van der Waals surface area contributed by atoms with E-state index < -0.39 is 9.84 Å². The molecule has 19 heavy (non-hydrogen) atoms. The fourth-order valence-electron chi connectivity index (χ4n) is 1.62. The number of nitrogens with two attached hydrogens (primary N) is 1. The fourth-order valence-corrected chi connectivity index (χ4v) is 3.71. The van der Waals surface area contributed by atoms with Crippen molar-refractivity contribution >= 4 is 38.1 Å². The van der Waals surface area contributed by atoms with E-state index in [4.69, 9.17) is 5.73 Å². The third kappa shape index (κ3) is 3.57. The Morgan fingerprint density at radius 2 is 2.16 bits per heavy atom. The van der Waals surface area contributed by atoms with Gasteiger partial charge in [-0.15, -0.1) is 0 Å². The van der Waals surface area contributed by atoms with Gasteiger partial charge < -0.3 is 16.4 Å². The molecule has 0 aromatic carbocycles. The van der Waals surface area contributed by atoms with Gasteiger partial charge in [-0.3, -0.25) is 4.79 Å². The summed E-state index contributed by atoms with van der Waals surface area (Å²) in [5, 5.41) is 6.14. The molecule has 1 saturated carbocycles. The van der Waals surface area contributed by atoms with Crippen molar-refractivity contribution in [3.8, 4) is 0 Å². The SMILES string of the molecule is CS(=O)(=O)c1c(N)nsc1NCCNC(=O)C1CC1. The summed E-state index contributed by atoms with van der Waals surface area (Å²) in [6, 6.07) is 0. The predicted octanol–water partition coefficient (Wildman–Crippen LogP) is 0.0669. The normalized spacial score (nSPS) is 15.2. The molecule has 1 aliphatic carbocycles. The molecule has 0 atom stereocenters. The molecule has 0 saturated heterocycles. The van der Waals surface area contributed by atoms with Gasteiger partial charge in [0.05, 0.1) is 0 Å². The Balaban J connectivity index is 1.87. The topological polar surface area (TPSA) is 114 Å². The smallest absolute Gasteiger partial charge is 0.223 e. The Bertz CT molecular complexity index is 578. The van der Waals surface area contributed by atoms with E-state index in [2.05, 4.69) is 15.0 Å². The van der Waals surface area contributed by atoms with Gasteiger partial charge in [-0.05, 0) is 24.4 Å². The Morgan fingerprint density at radius 3 is 2.74 bits per heavy atom. The highest BCUT2D eigenvalue weighted by atomic mass is 32.2. The second-order valence-corrected chi connectivity index (χ2v) is 7.22. The number of rotatable bonds is 6. The van der Waals surface area contributed by atoms with Gasteiger partial charge in [-0.2, -0.15) is 4.37 Å². The summed E-state index contributed by atoms with van der Waals surface area (Å²) in [6.07, 6.45) is 3.01. The van der Waals surface area contributed by atoms with Crippen molar-refractivity contribution in [2.24, 2.45) is 5.92 Å². The molecule has 9 heteroatoms. The quantitative estimate of drug-likeness (QED) is 0.641. The molecule has 7 nitrogen and oxygen atoms in total. The van der Waals surface area contributed by atoms with Crippen LogP contribution in [-0.4, -0.2) is 38.0 Å². The van der Waals surface area contributed by atoms with Gasteiger partial charge in [0.15, 0.2) is 15.7 Å². The van der Waals surface area contributed by atoms with Crippen LogP contribution in [0.15, 0.2) is 4.90 Å². The molecule has 1 amide bonds. The zero-order chi connectivity index (χ0) is 14.0. The van der Waals surface area contributed by atoms with Crippen LogP contribution >= 0.6 is 11.5 Å². The fraction of sp³-hybridized carbons (Fsp3) is 0.600. The molecule has 0 aliphatic heterocycles. The molecule has 0 spiro atoms. The van der Waals surface area contributed by atoms with Crippen LogP contribution in [0.25, 0.3) is 0 Å². The van der Waals surface area contributed by atoms with E-state index in [9.17, 15) is 13.2 Å². The molecule has 0 bridgehead atoms. The summed E-state index contributed by atoms with van der Waals surface area (Å²) in [7, 11) is -3.40. The molecule has 1 heterocycles. The summed E-state index contributed by atoms with van der Waals surface area (Å²) < 4.78 is 26.9. The number of carbonyl (C=O) groups excluding carboxylic acids is 1. The number of hydrogen-bond acceptors (Lipinski definition) is 7. The molecule has 1 aliphatic rings. The van der Waals surface area contributed by atoms with Crippen molar-refractivity contribution in [3.63, 3.8) is 0 Å². The molecule has 0 radical (unpaired) electrons. The van der Waals surface area contributed by atoms with E-state index in [-0.39, 0.29) is 22.5 Å². The number of hydrogen-bond donors (Lipinski definition) is 3. The molecule has 2 rings (SSSR count). The molecule has 1 aromatic heterocycles. The van der Waals surface area contributed by atoms with Crippen molar-refractivity contribution in [2.75, 3.05) is 30.4 Å². The summed E-state index contributed by atoms with van der Waals surface area (Å²) in [4.78, 5) is 11.4. The molecule has 0 unspecified atom stereocenters. The molecule has 106 valence electrons. The minimum atomic E-state index is -3.40. The van der Waals surface area contributed by atoms with Crippen LogP contribution in [0.4, 0.5) is 10.8 Å². The highest BCUT2D eigenvalue weighted by Crippen LogP contribution is 2.31. The molecular weight excluding hydrogens is 288 g/mol. The number of nitrogens with one attached hydrogen (secondary N) is 2. The van der Waals surface area contributed by atoms with Crippen LogP contribution < -0.4 is 16.4 Å². The number of anilines is 2. The van der Waals surface area contributed by atoms with Gasteiger partial charge >= 0.3 is 0 Å². The third-order valence-electron chi connectivity index (χ3n) is 2.70. The first-order chi connectivity index (χ1) is 8.89. The lowest BCUT2D eigenvalue weighted by Gasteiger charge is -2.07. The van der Waals surface area contributed by atoms with Gasteiger partial charge in [-0.25, -0.2) is 8.42 Å². The number of aromatic nitrogens is 1. The lowest BCUT2D eigenvalue weighted by Crippen LogP contribution is -2.29. The number of amides is 1. The maximum absolute atomic E-state index is 11.6. The van der Waals surface area contributed by atoms with Crippen LogP contribution in [0.1, 0.15) is 12.8 Å². The third-order valence-corrected chi connectivity index (χ3v) is 4.81. The van der Waals surface area contributed by atoms with Gasteiger partial charge in [0.1, 0.15) is 9.90 Å². The monoisotopic (exact) mass is 304 g/mol. The lowest BCUT2D eigenvalue weighted by atomic mass is 10.4. The average molecular weight is 304 g/mol. The number of sulfone groups is 1. The van der Waals surface area contributed by atoms with Crippen molar-refractivity contribution < 1.29 is 13.2 Å². The van der Waals surface area contributed by atoms with Crippen molar-refractivity contribution in [3.05, 3.63) is 0 Å². The summed E-state index contributed by atoms with van der Waals surface area (Å²) >= 11 is 1.00. The van der Waals surface area contributed by atoms with E-state index >= 15 is 0 Å². The van der Waals surface area contributed by atoms with Crippen molar-refractivity contribution in [1.82, 2.24) is 9.69 Å². The highest BCUT2D eigenvalue weighted by Gasteiger charge is 2.29. The van der Waals surface area contributed by atoms with Crippen LogP contribution in [0.2, 0.25) is 0 Å². The van der Waals surface area contributed by atoms with Crippen LogP contribution in [0.3, 0.4) is 0 Å². The summed E-state index contributed by atoms with van der Waals surface area (Å²) in [6.45, 7) is 0.874. The first-order valence-electron chi connectivity index (χ1n) is 5.86. The zero-order valence-corrected chi connectivity index (χ0v) is 12.1. The van der Waals surface area contributed by atoms with Crippen LogP contribution in [-0.2, 0) is 14.6 Å². The minimum absolute atomic E-state index is 0.0111. The van der Waals surface area contributed by atoms with E-state index in [1.807, 2.05) is 0 Å². The number of nitrogen functional groups attached to an aromatic ring is 1. The molecular formula is C10H16N4O3S2. The number of nitrogens with zero attached hydrogens (tertiary/aromatic N) is 1. The first kappa shape index (κ1) is 14.1. The average Bonchev–Trinajstić information content (AvgIpc) is 3.07. The maximum Gasteiger partial charge on any atom is 0.223 e. The Labute approximate surface area is 115 Å². The molecule has 4 N–H and O–H groups in total. The van der Waals surface area contributed by atoms with E-state index in [0.29, 0.717) is 18.1 Å². The second-order valence-electron chi connectivity index (χ2n) is 4.49. The van der Waals surface area contributed by atoms with Gasteiger partial charge in [0.2, 0.25) is 5.91 Å². The van der Waals surface area contributed by atoms with E-state index in [0.717, 1.165) is 30.6 Å². The number of carbonyl (C=O) groups is 1. The molecule has 1 aromatic rings. The van der Waals surface area contributed by atoms with Crippen molar-refractivity contribution in [2.45, 2.75) is 17.7 Å². The minimum Gasteiger partial charge on any atom is -0.382 e. The standard InChI is InChI=1S/C10H16N4O3S2/c1-19(16,17)7-8(11)14-18-10(7)13-5-4-12-9(15)6-2-3-6/h6,13H,2-5H2,1H3,(H2,11,14)(H,12,15). The highest BCUT2D eigenvalue weighted by molar-refractivity contribution is 7.91. The van der Waals surface area contributed by atoms with E-state index in [1.165, 1.54) is 0 Å². The van der Waals surface area contributed by atoms with E-state index in [1.54, 1.807) is 0 Å². The van der Waals surface area contributed by atoms with Gasteiger partial charge in [0.25, 0.3) is 0 Å². The summed E-state index contributed by atoms with van der Waals surface area (Å²) in [5.41, 5.74) is 5.54. The first-order valence-corrected chi connectivity index (χ1v) is 8.53. The Hall–Kier alpha value is -1.35. The Kier molecular flexibility index (Phi) is 3.95. The molecule has 1 fully saturated rings.